The van der Waals surface area contributed by atoms with Crippen molar-refractivity contribution in [3.8, 4) is 0 Å². The van der Waals surface area contributed by atoms with Gasteiger partial charge in [0.1, 0.15) is 0 Å². The Labute approximate surface area is 98.6 Å². The Balaban J connectivity index is 2.09. The Morgan fingerprint density at radius 2 is 2.12 bits per heavy atom. The lowest BCUT2D eigenvalue weighted by Gasteiger charge is -2.30. The van der Waals surface area contributed by atoms with Gasteiger partial charge in [-0.1, -0.05) is 13.8 Å². The van der Waals surface area contributed by atoms with Crippen molar-refractivity contribution in [2.45, 2.75) is 39.2 Å². The third kappa shape index (κ3) is 4.49. The third-order valence-corrected chi connectivity index (χ3v) is 3.38. The molecule has 0 saturated carbocycles. The number of hydrogen-bond acceptors (Lipinski definition) is 3. The minimum Gasteiger partial charge on any atom is -0.353 e. The van der Waals surface area contributed by atoms with Crippen LogP contribution in [0.1, 0.15) is 33.1 Å². The molecule has 1 saturated heterocycles. The summed E-state index contributed by atoms with van der Waals surface area (Å²) in [6, 6.07) is -0.346. The topological polar surface area (TPSA) is 58.4 Å². The normalized spacial score (nSPS) is 20.7. The van der Waals surface area contributed by atoms with Gasteiger partial charge in [-0.05, 0) is 38.3 Å². The minimum atomic E-state index is -0.346. The van der Waals surface area contributed by atoms with E-state index in [2.05, 4.69) is 17.1 Å². The zero-order valence-electron chi connectivity index (χ0n) is 10.5. The summed E-state index contributed by atoms with van der Waals surface area (Å²) < 4.78 is 0. The van der Waals surface area contributed by atoms with Crippen molar-refractivity contribution in [3.63, 3.8) is 0 Å². The van der Waals surface area contributed by atoms with Crippen molar-refractivity contribution in [3.05, 3.63) is 0 Å². The molecule has 1 atom stereocenters. The monoisotopic (exact) mass is 227 g/mol. The van der Waals surface area contributed by atoms with E-state index in [1.54, 1.807) is 0 Å². The fourth-order valence-electron chi connectivity index (χ4n) is 1.94. The zero-order chi connectivity index (χ0) is 12.0. The lowest BCUT2D eigenvalue weighted by Crippen LogP contribution is -2.44. The van der Waals surface area contributed by atoms with Gasteiger partial charge in [-0.25, -0.2) is 0 Å². The SMILES string of the molecule is CC[C@@H](N)C(=O)NCCN1CCC(C)CC1. The van der Waals surface area contributed by atoms with E-state index in [-0.39, 0.29) is 11.9 Å². The molecule has 3 N–H and O–H groups in total. The van der Waals surface area contributed by atoms with Crippen LogP contribution in [0.5, 0.6) is 0 Å². The Hall–Kier alpha value is -0.610. The molecule has 0 aliphatic carbocycles. The fourth-order valence-corrected chi connectivity index (χ4v) is 1.94. The maximum atomic E-state index is 11.4. The lowest BCUT2D eigenvalue weighted by molar-refractivity contribution is -0.122. The first-order chi connectivity index (χ1) is 7.63. The molecule has 1 amide bonds. The highest BCUT2D eigenvalue weighted by Crippen LogP contribution is 2.14. The molecule has 16 heavy (non-hydrogen) atoms. The molecular weight excluding hydrogens is 202 g/mol. The molecule has 1 aliphatic heterocycles. The molecule has 1 heterocycles. The van der Waals surface area contributed by atoms with Gasteiger partial charge in [-0.2, -0.15) is 0 Å². The third-order valence-electron chi connectivity index (χ3n) is 3.38. The molecule has 1 rings (SSSR count). The second-order valence-corrected chi connectivity index (χ2v) is 4.83. The second-order valence-electron chi connectivity index (χ2n) is 4.83. The van der Waals surface area contributed by atoms with Gasteiger partial charge in [0.05, 0.1) is 6.04 Å². The van der Waals surface area contributed by atoms with Gasteiger partial charge in [0.25, 0.3) is 0 Å². The second kappa shape index (κ2) is 6.86. The summed E-state index contributed by atoms with van der Waals surface area (Å²) in [6.07, 6.45) is 3.26. The van der Waals surface area contributed by atoms with E-state index in [0.717, 1.165) is 32.1 Å². The van der Waals surface area contributed by atoms with Crippen LogP contribution in [0.25, 0.3) is 0 Å². The summed E-state index contributed by atoms with van der Waals surface area (Å²) in [6.45, 7) is 8.24. The van der Waals surface area contributed by atoms with Gasteiger partial charge in [0.2, 0.25) is 5.91 Å². The number of carbonyl (C=O) groups is 1. The molecule has 0 aromatic rings. The van der Waals surface area contributed by atoms with Gasteiger partial charge < -0.3 is 16.0 Å². The van der Waals surface area contributed by atoms with E-state index in [1.165, 1.54) is 12.8 Å². The molecule has 4 nitrogen and oxygen atoms in total. The fraction of sp³-hybridized carbons (Fsp3) is 0.917. The van der Waals surface area contributed by atoms with Gasteiger partial charge in [-0.3, -0.25) is 4.79 Å². The Kier molecular flexibility index (Phi) is 5.77. The quantitative estimate of drug-likeness (QED) is 0.722. The number of likely N-dealkylation sites (tertiary alicyclic amines) is 1. The predicted molar refractivity (Wildman–Crippen MR) is 66.1 cm³/mol. The maximum absolute atomic E-state index is 11.4. The largest absolute Gasteiger partial charge is 0.353 e. The summed E-state index contributed by atoms with van der Waals surface area (Å²) in [5.41, 5.74) is 5.63. The summed E-state index contributed by atoms with van der Waals surface area (Å²) in [5, 5.41) is 2.89. The van der Waals surface area contributed by atoms with Crippen LogP contribution in [-0.2, 0) is 4.79 Å². The van der Waals surface area contributed by atoms with E-state index in [0.29, 0.717) is 6.42 Å². The number of amides is 1. The number of hydrogen-bond donors (Lipinski definition) is 2. The summed E-state index contributed by atoms with van der Waals surface area (Å²) in [7, 11) is 0. The van der Waals surface area contributed by atoms with Crippen molar-refractivity contribution < 1.29 is 4.79 Å². The molecule has 0 aromatic carbocycles. The van der Waals surface area contributed by atoms with Crippen LogP contribution in [0.3, 0.4) is 0 Å². The average molecular weight is 227 g/mol. The molecule has 0 unspecified atom stereocenters. The van der Waals surface area contributed by atoms with Gasteiger partial charge in [0, 0.05) is 13.1 Å². The number of nitrogens with zero attached hydrogens (tertiary/aromatic N) is 1. The minimum absolute atomic E-state index is 0.0205. The summed E-state index contributed by atoms with van der Waals surface area (Å²) in [5.74, 6) is 0.840. The molecule has 0 aromatic heterocycles. The number of rotatable bonds is 5. The maximum Gasteiger partial charge on any atom is 0.236 e. The molecule has 0 radical (unpaired) electrons. The standard InChI is InChI=1S/C12H25N3O/c1-3-11(13)12(16)14-6-9-15-7-4-10(2)5-8-15/h10-11H,3-9,13H2,1-2H3,(H,14,16)/t11-/m1/s1. The van der Waals surface area contributed by atoms with E-state index >= 15 is 0 Å². The zero-order valence-corrected chi connectivity index (χ0v) is 10.5. The van der Waals surface area contributed by atoms with Gasteiger partial charge in [-0.15, -0.1) is 0 Å². The molecule has 0 spiro atoms. The number of carbonyl (C=O) groups excluding carboxylic acids is 1. The van der Waals surface area contributed by atoms with Crippen LogP contribution in [0.15, 0.2) is 0 Å². The highest BCUT2D eigenvalue weighted by atomic mass is 16.2. The van der Waals surface area contributed by atoms with Crippen LogP contribution in [0.4, 0.5) is 0 Å². The first kappa shape index (κ1) is 13.5. The van der Waals surface area contributed by atoms with Crippen molar-refractivity contribution in [1.82, 2.24) is 10.2 Å². The van der Waals surface area contributed by atoms with Crippen molar-refractivity contribution >= 4 is 5.91 Å². The Morgan fingerprint density at radius 1 is 1.50 bits per heavy atom. The average Bonchev–Trinajstić information content (AvgIpc) is 2.30. The van der Waals surface area contributed by atoms with E-state index in [1.807, 2.05) is 6.92 Å². The Morgan fingerprint density at radius 3 is 2.69 bits per heavy atom. The first-order valence-corrected chi connectivity index (χ1v) is 6.39. The summed E-state index contributed by atoms with van der Waals surface area (Å²) >= 11 is 0. The van der Waals surface area contributed by atoms with Crippen LogP contribution < -0.4 is 11.1 Å². The van der Waals surface area contributed by atoms with Gasteiger partial charge >= 0.3 is 0 Å². The van der Waals surface area contributed by atoms with Crippen LogP contribution in [0.2, 0.25) is 0 Å². The summed E-state index contributed by atoms with van der Waals surface area (Å²) in [4.78, 5) is 13.8. The van der Waals surface area contributed by atoms with Crippen molar-refractivity contribution in [1.29, 1.82) is 0 Å². The number of nitrogens with one attached hydrogen (secondary N) is 1. The molecule has 0 bridgehead atoms. The van der Waals surface area contributed by atoms with Crippen LogP contribution in [-0.4, -0.2) is 43.0 Å². The van der Waals surface area contributed by atoms with E-state index in [9.17, 15) is 4.79 Å². The molecule has 94 valence electrons. The number of piperidine rings is 1. The highest BCUT2D eigenvalue weighted by Gasteiger charge is 2.15. The van der Waals surface area contributed by atoms with Crippen LogP contribution in [0, 0.1) is 5.92 Å². The van der Waals surface area contributed by atoms with Crippen LogP contribution >= 0.6 is 0 Å². The van der Waals surface area contributed by atoms with Crippen molar-refractivity contribution in [2.75, 3.05) is 26.2 Å². The first-order valence-electron chi connectivity index (χ1n) is 6.39. The highest BCUT2D eigenvalue weighted by molar-refractivity contribution is 5.81. The van der Waals surface area contributed by atoms with E-state index < -0.39 is 0 Å². The van der Waals surface area contributed by atoms with E-state index in [4.69, 9.17) is 5.73 Å². The molecule has 4 heteroatoms. The number of nitrogens with two attached hydrogens (primary N) is 1. The molecule has 1 fully saturated rings. The lowest BCUT2D eigenvalue weighted by atomic mass is 9.99. The molecule has 1 aliphatic rings. The smallest absolute Gasteiger partial charge is 0.236 e. The van der Waals surface area contributed by atoms with Gasteiger partial charge in [0.15, 0.2) is 0 Å². The van der Waals surface area contributed by atoms with Crippen molar-refractivity contribution in [2.24, 2.45) is 11.7 Å². The Bertz CT molecular complexity index is 212. The molecular formula is C12H25N3O. The predicted octanol–water partition coefficient (Wildman–Crippen LogP) is 0.572.